The van der Waals surface area contributed by atoms with E-state index >= 15 is 0 Å². The number of benzene rings is 2. The van der Waals surface area contributed by atoms with Crippen LogP contribution < -0.4 is 20.3 Å². The van der Waals surface area contributed by atoms with E-state index in [4.69, 9.17) is 4.74 Å². The molecule has 1 saturated heterocycles. The number of nitrogens with one attached hydrogen (secondary N) is 3. The number of likely N-dealkylation sites (tertiary alicyclic amines) is 1. The molecule has 1 aliphatic heterocycles. The van der Waals surface area contributed by atoms with Crippen molar-refractivity contribution in [3.63, 3.8) is 0 Å². The third-order valence-electron chi connectivity index (χ3n) is 4.89. The van der Waals surface area contributed by atoms with Gasteiger partial charge in [-0.25, -0.2) is 0 Å². The number of hydrogen-bond acceptors (Lipinski definition) is 3. The van der Waals surface area contributed by atoms with Gasteiger partial charge in [0.2, 0.25) is 5.91 Å². The number of rotatable bonds is 6. The molecule has 3 rings (SSSR count). The zero-order chi connectivity index (χ0) is 19.1. The van der Waals surface area contributed by atoms with E-state index in [9.17, 15) is 9.59 Å². The van der Waals surface area contributed by atoms with Crippen molar-refractivity contribution in [2.75, 3.05) is 37.4 Å². The van der Waals surface area contributed by atoms with Crippen LogP contribution in [0.2, 0.25) is 0 Å². The molecule has 2 aromatic carbocycles. The van der Waals surface area contributed by atoms with Gasteiger partial charge in [0.25, 0.3) is 5.91 Å². The Labute approximate surface area is 159 Å². The van der Waals surface area contributed by atoms with Gasteiger partial charge in [-0.05, 0) is 36.4 Å². The van der Waals surface area contributed by atoms with Crippen molar-refractivity contribution >= 4 is 23.2 Å². The number of ether oxygens (including phenoxy) is 1. The number of carbonyl (C=O) groups excluding carboxylic acids is 2. The predicted octanol–water partition coefficient (Wildman–Crippen LogP) is 1.57. The Morgan fingerprint density at radius 3 is 2.22 bits per heavy atom. The SMILES string of the molecule is COc1ccc(NC(=O)C[NH+]2CCC(C(=O)Nc3ccccc3)CC2)cc1. The summed E-state index contributed by atoms with van der Waals surface area (Å²) in [6.07, 6.45) is 1.59. The number of amides is 2. The smallest absolute Gasteiger partial charge is 0.279 e. The molecular weight excluding hydrogens is 342 g/mol. The van der Waals surface area contributed by atoms with Crippen molar-refractivity contribution in [3.8, 4) is 5.75 Å². The minimum Gasteiger partial charge on any atom is -0.497 e. The molecule has 0 aromatic heterocycles. The summed E-state index contributed by atoms with van der Waals surface area (Å²) in [6, 6.07) is 16.8. The van der Waals surface area contributed by atoms with Crippen molar-refractivity contribution in [1.29, 1.82) is 0 Å². The average molecular weight is 368 g/mol. The number of para-hydroxylation sites is 1. The predicted molar refractivity (Wildman–Crippen MR) is 105 cm³/mol. The summed E-state index contributed by atoms with van der Waals surface area (Å²) in [7, 11) is 1.61. The van der Waals surface area contributed by atoms with E-state index in [1.165, 1.54) is 4.90 Å². The minimum atomic E-state index is -0.0117. The molecule has 2 amide bonds. The average Bonchev–Trinajstić information content (AvgIpc) is 2.70. The molecule has 0 unspecified atom stereocenters. The highest BCUT2D eigenvalue weighted by Crippen LogP contribution is 2.15. The van der Waals surface area contributed by atoms with E-state index in [2.05, 4.69) is 10.6 Å². The van der Waals surface area contributed by atoms with Crippen molar-refractivity contribution < 1.29 is 19.2 Å². The lowest BCUT2D eigenvalue weighted by Gasteiger charge is -2.28. The van der Waals surface area contributed by atoms with Gasteiger partial charge in [0.05, 0.1) is 20.2 Å². The van der Waals surface area contributed by atoms with E-state index in [0.29, 0.717) is 6.54 Å². The number of hydrogen-bond donors (Lipinski definition) is 3. The van der Waals surface area contributed by atoms with E-state index < -0.39 is 0 Å². The fourth-order valence-corrected chi connectivity index (χ4v) is 3.34. The second kappa shape index (κ2) is 9.19. The fourth-order valence-electron chi connectivity index (χ4n) is 3.34. The monoisotopic (exact) mass is 368 g/mol. The van der Waals surface area contributed by atoms with Crippen LogP contribution in [0.1, 0.15) is 12.8 Å². The van der Waals surface area contributed by atoms with Gasteiger partial charge in [0.1, 0.15) is 5.75 Å². The lowest BCUT2D eigenvalue weighted by Crippen LogP contribution is -3.14. The summed E-state index contributed by atoms with van der Waals surface area (Å²) in [5, 5.41) is 5.88. The molecule has 6 nitrogen and oxygen atoms in total. The zero-order valence-corrected chi connectivity index (χ0v) is 15.5. The number of quaternary nitrogens is 1. The van der Waals surface area contributed by atoms with Crippen LogP contribution in [0.3, 0.4) is 0 Å². The Hall–Kier alpha value is -2.86. The van der Waals surface area contributed by atoms with Crippen molar-refractivity contribution in [3.05, 3.63) is 54.6 Å². The molecule has 0 aliphatic carbocycles. The van der Waals surface area contributed by atoms with Crippen molar-refractivity contribution in [1.82, 2.24) is 0 Å². The first-order chi connectivity index (χ1) is 13.1. The summed E-state index contributed by atoms with van der Waals surface area (Å²) < 4.78 is 5.11. The molecule has 3 N–H and O–H groups in total. The number of anilines is 2. The van der Waals surface area contributed by atoms with E-state index in [0.717, 1.165) is 43.1 Å². The largest absolute Gasteiger partial charge is 0.497 e. The normalized spacial score (nSPS) is 19.1. The molecule has 6 heteroatoms. The molecule has 1 heterocycles. The first kappa shape index (κ1) is 18.9. The molecular formula is C21H26N3O3+. The Morgan fingerprint density at radius 1 is 0.963 bits per heavy atom. The van der Waals surface area contributed by atoms with Gasteiger partial charge < -0.3 is 20.3 Å². The van der Waals surface area contributed by atoms with Crippen molar-refractivity contribution in [2.24, 2.45) is 5.92 Å². The second-order valence-electron chi connectivity index (χ2n) is 6.83. The maximum Gasteiger partial charge on any atom is 0.279 e. The molecule has 0 spiro atoms. The number of methoxy groups -OCH3 is 1. The van der Waals surface area contributed by atoms with Gasteiger partial charge >= 0.3 is 0 Å². The summed E-state index contributed by atoms with van der Waals surface area (Å²) in [6.45, 7) is 2.06. The fraction of sp³-hybridized carbons (Fsp3) is 0.333. The lowest BCUT2D eigenvalue weighted by molar-refractivity contribution is -0.897. The number of carbonyl (C=O) groups is 2. The van der Waals surface area contributed by atoms with Gasteiger partial charge in [0.15, 0.2) is 6.54 Å². The molecule has 142 valence electrons. The standard InChI is InChI=1S/C21H25N3O3/c1-27-19-9-7-18(8-10-19)22-20(25)15-24-13-11-16(12-14-24)21(26)23-17-5-3-2-4-6-17/h2-10,16H,11-15H2,1H3,(H,22,25)(H,23,26)/p+1. The maximum absolute atomic E-state index is 12.4. The molecule has 2 aromatic rings. The van der Waals surface area contributed by atoms with Crippen LogP contribution in [0.15, 0.2) is 54.6 Å². The van der Waals surface area contributed by atoms with E-state index in [-0.39, 0.29) is 17.7 Å². The van der Waals surface area contributed by atoms with Gasteiger partial charge in [-0.3, -0.25) is 9.59 Å². The van der Waals surface area contributed by atoms with Crippen LogP contribution in [0, 0.1) is 5.92 Å². The van der Waals surface area contributed by atoms with Crippen LogP contribution in [-0.4, -0.2) is 38.6 Å². The Kier molecular flexibility index (Phi) is 6.44. The summed E-state index contributed by atoms with van der Waals surface area (Å²) in [5.41, 5.74) is 1.59. The first-order valence-electron chi connectivity index (χ1n) is 9.27. The maximum atomic E-state index is 12.4. The molecule has 0 atom stereocenters. The molecule has 0 bridgehead atoms. The van der Waals surface area contributed by atoms with Gasteiger partial charge in [-0.2, -0.15) is 0 Å². The van der Waals surface area contributed by atoms with E-state index in [1.807, 2.05) is 54.6 Å². The lowest BCUT2D eigenvalue weighted by atomic mass is 9.96. The highest BCUT2D eigenvalue weighted by Gasteiger charge is 2.28. The van der Waals surface area contributed by atoms with Crippen LogP contribution in [0.5, 0.6) is 5.75 Å². The van der Waals surface area contributed by atoms with Crippen LogP contribution >= 0.6 is 0 Å². The minimum absolute atomic E-state index is 0.0117. The highest BCUT2D eigenvalue weighted by atomic mass is 16.5. The Bertz CT molecular complexity index is 754. The van der Waals surface area contributed by atoms with Gasteiger partial charge in [-0.15, -0.1) is 0 Å². The first-order valence-corrected chi connectivity index (χ1v) is 9.27. The molecule has 27 heavy (non-hydrogen) atoms. The molecule has 0 saturated carbocycles. The van der Waals surface area contributed by atoms with Crippen LogP contribution in [-0.2, 0) is 9.59 Å². The van der Waals surface area contributed by atoms with Gasteiger partial charge in [0, 0.05) is 30.1 Å². The van der Waals surface area contributed by atoms with Crippen molar-refractivity contribution in [2.45, 2.75) is 12.8 Å². The molecule has 1 aliphatic rings. The van der Waals surface area contributed by atoms with Gasteiger partial charge in [-0.1, -0.05) is 18.2 Å². The summed E-state index contributed by atoms with van der Waals surface area (Å²) in [5.74, 6) is 0.832. The Balaban J connectivity index is 1.42. The topological polar surface area (TPSA) is 71.9 Å². The quantitative estimate of drug-likeness (QED) is 0.725. The Morgan fingerprint density at radius 2 is 1.59 bits per heavy atom. The molecule has 0 radical (unpaired) electrons. The third-order valence-corrected chi connectivity index (χ3v) is 4.89. The molecule has 1 fully saturated rings. The third kappa shape index (κ3) is 5.56. The summed E-state index contributed by atoms with van der Waals surface area (Å²) >= 11 is 0. The van der Waals surface area contributed by atoms with Crippen LogP contribution in [0.4, 0.5) is 11.4 Å². The zero-order valence-electron chi connectivity index (χ0n) is 15.5. The van der Waals surface area contributed by atoms with Crippen LogP contribution in [0.25, 0.3) is 0 Å². The summed E-state index contributed by atoms with van der Waals surface area (Å²) in [4.78, 5) is 25.8. The second-order valence-corrected chi connectivity index (χ2v) is 6.83. The van der Waals surface area contributed by atoms with E-state index in [1.54, 1.807) is 7.11 Å². The number of piperidine rings is 1. The highest BCUT2D eigenvalue weighted by molar-refractivity contribution is 5.93.